The Hall–Kier alpha value is -2.41. The molecular formula is C13H13N3O. The Labute approximate surface area is 99.4 Å². The Morgan fingerprint density at radius 1 is 1.59 bits per heavy atom. The van der Waals surface area contributed by atoms with E-state index in [1.807, 2.05) is 6.07 Å². The van der Waals surface area contributed by atoms with Crippen LogP contribution in [0, 0.1) is 12.3 Å². The van der Waals surface area contributed by atoms with E-state index in [0.717, 1.165) is 10.9 Å². The van der Waals surface area contributed by atoms with Gasteiger partial charge in [-0.1, -0.05) is 5.92 Å². The number of hydrogen-bond donors (Lipinski definition) is 2. The van der Waals surface area contributed by atoms with Crippen LogP contribution in [-0.2, 0) is 0 Å². The van der Waals surface area contributed by atoms with Crippen LogP contribution in [0.15, 0.2) is 24.4 Å². The SMILES string of the molecule is C#CCN(C)C(=O)c1c[nH]c2cc(N)ccc12. The molecule has 0 saturated heterocycles. The highest BCUT2D eigenvalue weighted by atomic mass is 16.2. The predicted molar refractivity (Wildman–Crippen MR) is 68.5 cm³/mol. The second-order valence-corrected chi connectivity index (χ2v) is 3.87. The molecule has 2 aromatic rings. The van der Waals surface area contributed by atoms with Crippen molar-refractivity contribution in [2.24, 2.45) is 0 Å². The number of amides is 1. The summed E-state index contributed by atoms with van der Waals surface area (Å²) in [4.78, 5) is 16.6. The number of nitrogens with one attached hydrogen (secondary N) is 1. The zero-order valence-corrected chi connectivity index (χ0v) is 9.53. The number of rotatable bonds is 2. The molecule has 0 radical (unpaired) electrons. The van der Waals surface area contributed by atoms with Crippen molar-refractivity contribution < 1.29 is 4.79 Å². The first kappa shape index (κ1) is 11.1. The second kappa shape index (κ2) is 4.22. The average Bonchev–Trinajstić information content (AvgIpc) is 2.71. The fourth-order valence-corrected chi connectivity index (χ4v) is 1.74. The molecule has 1 amide bonds. The Balaban J connectivity index is 2.43. The van der Waals surface area contributed by atoms with Gasteiger partial charge in [-0.05, 0) is 18.2 Å². The van der Waals surface area contributed by atoms with E-state index >= 15 is 0 Å². The molecule has 0 bridgehead atoms. The molecule has 0 unspecified atom stereocenters. The Morgan fingerprint density at radius 2 is 2.35 bits per heavy atom. The number of terminal acetylenes is 1. The number of aromatic nitrogens is 1. The summed E-state index contributed by atoms with van der Waals surface area (Å²) in [5.41, 5.74) is 7.80. The lowest BCUT2D eigenvalue weighted by Crippen LogP contribution is -2.26. The first-order valence-electron chi connectivity index (χ1n) is 5.19. The molecule has 0 aliphatic carbocycles. The molecular weight excluding hydrogens is 214 g/mol. The first-order chi connectivity index (χ1) is 8.13. The standard InChI is InChI=1S/C13H13N3O/c1-3-6-16(2)13(17)11-8-15-12-7-9(14)4-5-10(11)12/h1,4-5,7-8,15H,6,14H2,2H3. The van der Waals surface area contributed by atoms with E-state index in [0.29, 0.717) is 17.8 Å². The number of benzene rings is 1. The molecule has 86 valence electrons. The van der Waals surface area contributed by atoms with Gasteiger partial charge in [-0.15, -0.1) is 6.42 Å². The number of H-pyrrole nitrogens is 1. The number of carbonyl (C=O) groups is 1. The molecule has 3 N–H and O–H groups in total. The van der Waals surface area contributed by atoms with Crippen molar-refractivity contribution in [1.82, 2.24) is 9.88 Å². The van der Waals surface area contributed by atoms with Crippen LogP contribution in [0.5, 0.6) is 0 Å². The number of carbonyl (C=O) groups excluding carboxylic acids is 1. The molecule has 4 heteroatoms. The number of hydrogen-bond acceptors (Lipinski definition) is 2. The maximum absolute atomic E-state index is 12.1. The minimum atomic E-state index is -0.0982. The number of nitrogen functional groups attached to an aromatic ring is 1. The summed E-state index contributed by atoms with van der Waals surface area (Å²) < 4.78 is 0. The van der Waals surface area contributed by atoms with Crippen LogP contribution >= 0.6 is 0 Å². The van der Waals surface area contributed by atoms with Crippen molar-refractivity contribution in [2.45, 2.75) is 0 Å². The summed E-state index contributed by atoms with van der Waals surface area (Å²) in [7, 11) is 1.68. The fraction of sp³-hybridized carbons (Fsp3) is 0.154. The molecule has 0 fully saturated rings. The number of nitrogens with two attached hydrogens (primary N) is 1. The minimum absolute atomic E-state index is 0.0982. The maximum Gasteiger partial charge on any atom is 0.256 e. The van der Waals surface area contributed by atoms with Crippen molar-refractivity contribution in [3.8, 4) is 12.3 Å². The normalized spacial score (nSPS) is 10.1. The van der Waals surface area contributed by atoms with Crippen LogP contribution < -0.4 is 5.73 Å². The molecule has 0 spiro atoms. The Bertz CT molecular complexity index is 607. The molecule has 1 aromatic carbocycles. The highest BCUT2D eigenvalue weighted by molar-refractivity contribution is 6.07. The van der Waals surface area contributed by atoms with Crippen molar-refractivity contribution in [3.63, 3.8) is 0 Å². The third-order valence-corrected chi connectivity index (χ3v) is 2.61. The van der Waals surface area contributed by atoms with Gasteiger partial charge in [0.1, 0.15) is 0 Å². The van der Waals surface area contributed by atoms with E-state index in [4.69, 9.17) is 12.2 Å². The van der Waals surface area contributed by atoms with E-state index in [-0.39, 0.29) is 5.91 Å². The Kier molecular flexibility index (Phi) is 2.75. The van der Waals surface area contributed by atoms with Crippen LogP contribution in [-0.4, -0.2) is 29.4 Å². The monoisotopic (exact) mass is 227 g/mol. The average molecular weight is 227 g/mol. The van der Waals surface area contributed by atoms with E-state index in [1.165, 1.54) is 4.90 Å². The fourth-order valence-electron chi connectivity index (χ4n) is 1.74. The summed E-state index contributed by atoms with van der Waals surface area (Å²) in [6.07, 6.45) is 6.86. The van der Waals surface area contributed by atoms with Gasteiger partial charge in [0.05, 0.1) is 12.1 Å². The highest BCUT2D eigenvalue weighted by Gasteiger charge is 2.15. The summed E-state index contributed by atoms with van der Waals surface area (Å²) in [5, 5.41) is 0.855. The van der Waals surface area contributed by atoms with Crippen molar-refractivity contribution >= 4 is 22.5 Å². The molecule has 2 rings (SSSR count). The van der Waals surface area contributed by atoms with Gasteiger partial charge in [0.25, 0.3) is 5.91 Å². The van der Waals surface area contributed by atoms with Crippen LogP contribution in [0.4, 0.5) is 5.69 Å². The number of nitrogens with zero attached hydrogens (tertiary/aromatic N) is 1. The third-order valence-electron chi connectivity index (χ3n) is 2.61. The summed E-state index contributed by atoms with van der Waals surface area (Å²) in [6.45, 7) is 0.292. The largest absolute Gasteiger partial charge is 0.399 e. The van der Waals surface area contributed by atoms with Gasteiger partial charge in [-0.2, -0.15) is 0 Å². The van der Waals surface area contributed by atoms with Gasteiger partial charge in [-0.3, -0.25) is 4.79 Å². The molecule has 4 nitrogen and oxygen atoms in total. The maximum atomic E-state index is 12.1. The number of fused-ring (bicyclic) bond motifs is 1. The van der Waals surface area contributed by atoms with E-state index in [2.05, 4.69) is 10.9 Å². The van der Waals surface area contributed by atoms with Gasteiger partial charge in [0, 0.05) is 29.8 Å². The number of anilines is 1. The van der Waals surface area contributed by atoms with Gasteiger partial charge >= 0.3 is 0 Å². The summed E-state index contributed by atoms with van der Waals surface area (Å²) in [5.74, 6) is 2.34. The van der Waals surface area contributed by atoms with Crippen LogP contribution in [0.2, 0.25) is 0 Å². The lowest BCUT2D eigenvalue weighted by atomic mass is 10.1. The van der Waals surface area contributed by atoms with E-state index < -0.39 is 0 Å². The van der Waals surface area contributed by atoms with Gasteiger partial charge in [0.15, 0.2) is 0 Å². The van der Waals surface area contributed by atoms with Gasteiger partial charge in [0.2, 0.25) is 0 Å². The highest BCUT2D eigenvalue weighted by Crippen LogP contribution is 2.21. The number of aromatic amines is 1. The second-order valence-electron chi connectivity index (χ2n) is 3.87. The van der Waals surface area contributed by atoms with Crippen LogP contribution in [0.25, 0.3) is 10.9 Å². The van der Waals surface area contributed by atoms with Crippen molar-refractivity contribution in [2.75, 3.05) is 19.3 Å². The third kappa shape index (κ3) is 1.95. The molecule has 0 aliphatic rings. The lowest BCUT2D eigenvalue weighted by Gasteiger charge is -2.12. The minimum Gasteiger partial charge on any atom is -0.399 e. The Morgan fingerprint density at radius 3 is 3.06 bits per heavy atom. The molecule has 17 heavy (non-hydrogen) atoms. The molecule has 1 aromatic heterocycles. The smallest absolute Gasteiger partial charge is 0.256 e. The lowest BCUT2D eigenvalue weighted by molar-refractivity contribution is 0.0814. The van der Waals surface area contributed by atoms with Crippen LogP contribution in [0.3, 0.4) is 0 Å². The molecule has 1 heterocycles. The van der Waals surface area contributed by atoms with Crippen molar-refractivity contribution in [3.05, 3.63) is 30.0 Å². The topological polar surface area (TPSA) is 62.1 Å². The molecule has 0 atom stereocenters. The molecule has 0 saturated carbocycles. The quantitative estimate of drug-likeness (QED) is 0.602. The zero-order valence-electron chi connectivity index (χ0n) is 9.53. The van der Waals surface area contributed by atoms with E-state index in [1.54, 1.807) is 25.4 Å². The summed E-state index contributed by atoms with van der Waals surface area (Å²) >= 11 is 0. The zero-order chi connectivity index (χ0) is 12.4. The van der Waals surface area contributed by atoms with Gasteiger partial charge < -0.3 is 15.6 Å². The van der Waals surface area contributed by atoms with Crippen molar-refractivity contribution in [1.29, 1.82) is 0 Å². The van der Waals surface area contributed by atoms with Crippen LogP contribution in [0.1, 0.15) is 10.4 Å². The van der Waals surface area contributed by atoms with Gasteiger partial charge in [-0.25, -0.2) is 0 Å². The predicted octanol–water partition coefficient (Wildman–Crippen LogP) is 1.46. The molecule has 0 aliphatic heterocycles. The van der Waals surface area contributed by atoms with E-state index in [9.17, 15) is 4.79 Å². The summed E-state index contributed by atoms with van der Waals surface area (Å²) in [6, 6.07) is 5.40. The first-order valence-corrected chi connectivity index (χ1v) is 5.19.